The van der Waals surface area contributed by atoms with E-state index < -0.39 is 0 Å². The number of nitrogens with zero attached hydrogens (tertiary/aromatic N) is 1. The molecule has 2 rings (SSSR count). The van der Waals surface area contributed by atoms with E-state index in [0.29, 0.717) is 12.1 Å². The van der Waals surface area contributed by atoms with Crippen molar-refractivity contribution in [2.45, 2.75) is 65.0 Å². The highest BCUT2D eigenvalue weighted by Crippen LogP contribution is 2.31. The summed E-state index contributed by atoms with van der Waals surface area (Å²) in [5.74, 6) is 6.23. The lowest BCUT2D eigenvalue weighted by Gasteiger charge is -2.39. The topological polar surface area (TPSA) is 38.5 Å². The standard InChI is InChI=1S/C17H28N2O/c1-4-11-19(13(3)5-2)15-9-10-16-14(12-15)7-6-8-17(16)20-18/h6-8,13,15H,4-5,9-12,18H2,1-3H3/t13?,15-/m0/s1. The zero-order chi connectivity index (χ0) is 14.5. The minimum atomic E-state index is 0.658. The van der Waals surface area contributed by atoms with Crippen LogP contribution >= 0.6 is 0 Å². The molecule has 1 aliphatic carbocycles. The Hall–Kier alpha value is -1.06. The molecule has 2 atom stereocenters. The van der Waals surface area contributed by atoms with Crippen molar-refractivity contribution < 1.29 is 4.84 Å². The summed E-state index contributed by atoms with van der Waals surface area (Å²) in [5, 5.41) is 0. The van der Waals surface area contributed by atoms with Crippen molar-refractivity contribution >= 4 is 0 Å². The maximum absolute atomic E-state index is 5.38. The number of rotatable bonds is 6. The van der Waals surface area contributed by atoms with Crippen LogP contribution in [-0.4, -0.2) is 23.5 Å². The molecule has 0 spiro atoms. The molecule has 0 aliphatic heterocycles. The van der Waals surface area contributed by atoms with Crippen molar-refractivity contribution in [2.75, 3.05) is 6.54 Å². The summed E-state index contributed by atoms with van der Waals surface area (Å²) in [6, 6.07) is 7.57. The largest absolute Gasteiger partial charge is 0.411 e. The van der Waals surface area contributed by atoms with Crippen LogP contribution in [0.3, 0.4) is 0 Å². The molecule has 2 N–H and O–H groups in total. The van der Waals surface area contributed by atoms with Crippen molar-refractivity contribution in [1.82, 2.24) is 4.90 Å². The van der Waals surface area contributed by atoms with Crippen molar-refractivity contribution in [3.63, 3.8) is 0 Å². The molecule has 0 radical (unpaired) electrons. The minimum Gasteiger partial charge on any atom is -0.411 e. The molecule has 20 heavy (non-hydrogen) atoms. The Morgan fingerprint density at radius 3 is 2.85 bits per heavy atom. The van der Waals surface area contributed by atoms with Gasteiger partial charge in [-0.25, -0.2) is 0 Å². The summed E-state index contributed by atoms with van der Waals surface area (Å²) in [4.78, 5) is 7.70. The molecule has 0 saturated carbocycles. The van der Waals surface area contributed by atoms with E-state index in [0.717, 1.165) is 18.6 Å². The molecule has 3 heteroatoms. The summed E-state index contributed by atoms with van der Waals surface area (Å²) >= 11 is 0. The Balaban J connectivity index is 2.17. The van der Waals surface area contributed by atoms with Gasteiger partial charge in [0.15, 0.2) is 0 Å². The van der Waals surface area contributed by atoms with E-state index >= 15 is 0 Å². The second kappa shape index (κ2) is 7.09. The highest BCUT2D eigenvalue weighted by molar-refractivity contribution is 5.42. The van der Waals surface area contributed by atoms with Crippen LogP contribution in [0.1, 0.15) is 51.2 Å². The molecule has 112 valence electrons. The summed E-state index contributed by atoms with van der Waals surface area (Å²) in [5.41, 5.74) is 2.72. The summed E-state index contributed by atoms with van der Waals surface area (Å²) in [7, 11) is 0. The first-order valence-electron chi connectivity index (χ1n) is 7.94. The van der Waals surface area contributed by atoms with Crippen LogP contribution in [0.15, 0.2) is 18.2 Å². The third-order valence-corrected chi connectivity index (χ3v) is 4.65. The fourth-order valence-electron chi connectivity index (χ4n) is 3.40. The van der Waals surface area contributed by atoms with Gasteiger partial charge in [-0.05, 0) is 57.2 Å². The van der Waals surface area contributed by atoms with Gasteiger partial charge in [0.05, 0.1) is 0 Å². The highest BCUT2D eigenvalue weighted by atomic mass is 16.6. The summed E-state index contributed by atoms with van der Waals surface area (Å²) in [6.07, 6.45) is 5.84. The fourth-order valence-corrected chi connectivity index (χ4v) is 3.40. The third kappa shape index (κ3) is 3.15. The van der Waals surface area contributed by atoms with Crippen molar-refractivity contribution in [3.8, 4) is 5.75 Å². The lowest BCUT2D eigenvalue weighted by molar-refractivity contribution is 0.127. The minimum absolute atomic E-state index is 0.658. The van der Waals surface area contributed by atoms with E-state index in [-0.39, 0.29) is 0 Å². The molecule has 0 amide bonds. The van der Waals surface area contributed by atoms with Gasteiger partial charge in [0, 0.05) is 17.6 Å². The Bertz CT molecular complexity index is 433. The van der Waals surface area contributed by atoms with Crippen LogP contribution in [-0.2, 0) is 12.8 Å². The van der Waals surface area contributed by atoms with E-state index in [2.05, 4.69) is 37.8 Å². The summed E-state index contributed by atoms with van der Waals surface area (Å²) in [6.45, 7) is 8.10. The second-order valence-corrected chi connectivity index (χ2v) is 5.90. The monoisotopic (exact) mass is 276 g/mol. The lowest BCUT2D eigenvalue weighted by Crippen LogP contribution is -2.45. The van der Waals surface area contributed by atoms with Crippen LogP contribution < -0.4 is 10.7 Å². The zero-order valence-corrected chi connectivity index (χ0v) is 13.1. The van der Waals surface area contributed by atoms with Crippen molar-refractivity contribution in [2.24, 2.45) is 5.90 Å². The third-order valence-electron chi connectivity index (χ3n) is 4.65. The van der Waals surface area contributed by atoms with Crippen molar-refractivity contribution in [1.29, 1.82) is 0 Å². The molecule has 1 aromatic carbocycles. The van der Waals surface area contributed by atoms with E-state index in [1.54, 1.807) is 0 Å². The van der Waals surface area contributed by atoms with Crippen LogP contribution in [0.2, 0.25) is 0 Å². The van der Waals surface area contributed by atoms with Gasteiger partial charge in [0.25, 0.3) is 0 Å². The Kier molecular flexibility index (Phi) is 5.44. The number of nitrogens with two attached hydrogens (primary N) is 1. The summed E-state index contributed by atoms with van der Waals surface area (Å²) < 4.78 is 0. The predicted molar refractivity (Wildman–Crippen MR) is 83.8 cm³/mol. The number of hydrogen-bond acceptors (Lipinski definition) is 3. The first-order valence-corrected chi connectivity index (χ1v) is 7.94. The maximum Gasteiger partial charge on any atom is 0.150 e. The molecule has 3 nitrogen and oxygen atoms in total. The molecule has 1 aromatic rings. The number of fused-ring (bicyclic) bond motifs is 1. The van der Waals surface area contributed by atoms with Crippen LogP contribution in [0.25, 0.3) is 0 Å². The SMILES string of the molecule is CCCN(C(C)CC)[C@H]1CCc2c(cccc2ON)C1. The molecular weight excluding hydrogens is 248 g/mol. The van der Waals surface area contributed by atoms with Gasteiger partial charge < -0.3 is 4.84 Å². The van der Waals surface area contributed by atoms with E-state index in [4.69, 9.17) is 10.7 Å². The van der Waals surface area contributed by atoms with Gasteiger partial charge in [-0.2, -0.15) is 5.90 Å². The maximum atomic E-state index is 5.38. The Labute approximate surface area is 123 Å². The first kappa shape index (κ1) is 15.3. The van der Waals surface area contributed by atoms with Gasteiger partial charge in [-0.15, -0.1) is 0 Å². The molecule has 0 aromatic heterocycles. The molecule has 1 aliphatic rings. The smallest absolute Gasteiger partial charge is 0.150 e. The lowest BCUT2D eigenvalue weighted by atomic mass is 9.86. The van der Waals surface area contributed by atoms with Gasteiger partial charge in [-0.3, -0.25) is 4.90 Å². The molecule has 1 unspecified atom stereocenters. The Morgan fingerprint density at radius 1 is 1.40 bits per heavy atom. The average molecular weight is 276 g/mol. The normalized spacial score (nSPS) is 19.8. The van der Waals surface area contributed by atoms with Gasteiger partial charge in [-0.1, -0.05) is 26.0 Å². The van der Waals surface area contributed by atoms with Crippen molar-refractivity contribution in [3.05, 3.63) is 29.3 Å². The van der Waals surface area contributed by atoms with E-state index in [1.807, 2.05) is 6.07 Å². The zero-order valence-electron chi connectivity index (χ0n) is 13.1. The fraction of sp³-hybridized carbons (Fsp3) is 0.647. The second-order valence-electron chi connectivity index (χ2n) is 5.90. The highest BCUT2D eigenvalue weighted by Gasteiger charge is 2.27. The van der Waals surface area contributed by atoms with Crippen LogP contribution in [0.5, 0.6) is 5.75 Å². The van der Waals surface area contributed by atoms with E-state index in [9.17, 15) is 0 Å². The van der Waals surface area contributed by atoms with Gasteiger partial charge >= 0.3 is 0 Å². The first-order chi connectivity index (χ1) is 9.71. The van der Waals surface area contributed by atoms with Crippen LogP contribution in [0.4, 0.5) is 0 Å². The number of hydrogen-bond donors (Lipinski definition) is 1. The molecule has 0 bridgehead atoms. The molecular formula is C17H28N2O. The van der Waals surface area contributed by atoms with E-state index in [1.165, 1.54) is 36.9 Å². The van der Waals surface area contributed by atoms with Gasteiger partial charge in [0.2, 0.25) is 0 Å². The molecule has 0 saturated heterocycles. The predicted octanol–water partition coefficient (Wildman–Crippen LogP) is 3.31. The number of benzene rings is 1. The van der Waals surface area contributed by atoms with Gasteiger partial charge in [0.1, 0.15) is 5.75 Å². The quantitative estimate of drug-likeness (QED) is 0.810. The molecule has 0 fully saturated rings. The Morgan fingerprint density at radius 2 is 2.20 bits per heavy atom. The van der Waals surface area contributed by atoms with Crippen LogP contribution in [0, 0.1) is 0 Å². The average Bonchev–Trinajstić information content (AvgIpc) is 2.50. The molecule has 0 heterocycles.